The van der Waals surface area contributed by atoms with Crippen molar-refractivity contribution in [2.75, 3.05) is 5.32 Å². The van der Waals surface area contributed by atoms with Crippen molar-refractivity contribution in [1.82, 2.24) is 9.78 Å². The Bertz CT molecular complexity index is 1170. The Labute approximate surface area is 173 Å². The summed E-state index contributed by atoms with van der Waals surface area (Å²) >= 11 is 6.19. The summed E-state index contributed by atoms with van der Waals surface area (Å²) in [4.78, 5) is 12.9. The second-order valence-corrected chi connectivity index (χ2v) is 6.87. The summed E-state index contributed by atoms with van der Waals surface area (Å²) in [6.07, 6.45) is 3.67. The van der Waals surface area contributed by atoms with Crippen LogP contribution in [0.25, 0.3) is 11.1 Å². The number of carbonyl (C=O) groups is 1. The second kappa shape index (κ2) is 8.20. The molecule has 0 radical (unpaired) electrons. The van der Waals surface area contributed by atoms with E-state index in [1.54, 1.807) is 41.2 Å². The van der Waals surface area contributed by atoms with Crippen molar-refractivity contribution in [2.24, 2.45) is 7.05 Å². The van der Waals surface area contributed by atoms with Crippen LogP contribution in [0, 0.1) is 0 Å². The molecule has 4 aromatic rings. The number of hydrogen-bond donors (Lipinski definition) is 1. The van der Waals surface area contributed by atoms with Gasteiger partial charge in [0.15, 0.2) is 5.75 Å². The number of amides is 1. The van der Waals surface area contributed by atoms with E-state index in [9.17, 15) is 4.79 Å². The predicted octanol–water partition coefficient (Wildman–Crippen LogP) is 5.79. The van der Waals surface area contributed by atoms with E-state index in [-0.39, 0.29) is 5.91 Å². The molecular weight excluding hydrogens is 386 g/mol. The lowest BCUT2D eigenvalue weighted by Crippen LogP contribution is -2.12. The summed E-state index contributed by atoms with van der Waals surface area (Å²) in [6, 6.07) is 21.8. The van der Waals surface area contributed by atoms with Crippen LogP contribution in [0.4, 0.5) is 5.69 Å². The first kappa shape index (κ1) is 18.8. The monoisotopic (exact) mass is 403 g/mol. The first-order valence-electron chi connectivity index (χ1n) is 9.02. The number of hydrogen-bond acceptors (Lipinski definition) is 3. The third kappa shape index (κ3) is 4.31. The summed E-state index contributed by atoms with van der Waals surface area (Å²) in [6.45, 7) is 0. The van der Waals surface area contributed by atoms with Crippen LogP contribution in [0.2, 0.25) is 5.02 Å². The van der Waals surface area contributed by atoms with Crippen LogP contribution < -0.4 is 10.1 Å². The van der Waals surface area contributed by atoms with Crippen LogP contribution in [-0.4, -0.2) is 15.7 Å². The van der Waals surface area contributed by atoms with E-state index >= 15 is 0 Å². The number of aryl methyl sites for hydroxylation is 1. The summed E-state index contributed by atoms with van der Waals surface area (Å²) in [5.41, 5.74) is 2.97. The first-order chi connectivity index (χ1) is 14.1. The smallest absolute Gasteiger partial charge is 0.255 e. The average molecular weight is 404 g/mol. The molecule has 1 aromatic heterocycles. The molecule has 144 valence electrons. The molecule has 29 heavy (non-hydrogen) atoms. The van der Waals surface area contributed by atoms with Gasteiger partial charge in [-0.15, -0.1) is 0 Å². The number of halogens is 1. The highest BCUT2D eigenvalue weighted by molar-refractivity contribution is 6.32. The molecule has 5 nitrogen and oxygen atoms in total. The Kier molecular flexibility index (Phi) is 5.31. The molecule has 4 rings (SSSR count). The molecule has 0 aliphatic carbocycles. The van der Waals surface area contributed by atoms with Gasteiger partial charge in [0.2, 0.25) is 0 Å². The zero-order valence-corrected chi connectivity index (χ0v) is 16.4. The highest BCUT2D eigenvalue weighted by atomic mass is 35.5. The van der Waals surface area contributed by atoms with E-state index < -0.39 is 0 Å². The van der Waals surface area contributed by atoms with Gasteiger partial charge in [-0.05, 0) is 42.0 Å². The maximum Gasteiger partial charge on any atom is 0.255 e. The molecule has 0 fully saturated rings. The van der Waals surface area contributed by atoms with Crippen LogP contribution in [-0.2, 0) is 7.05 Å². The Morgan fingerprint density at radius 1 is 0.966 bits per heavy atom. The van der Waals surface area contributed by atoms with Gasteiger partial charge in [-0.1, -0.05) is 48.0 Å². The van der Waals surface area contributed by atoms with Crippen LogP contribution in [0.1, 0.15) is 10.4 Å². The van der Waals surface area contributed by atoms with Gasteiger partial charge < -0.3 is 10.1 Å². The maximum atomic E-state index is 12.9. The molecule has 0 aliphatic heterocycles. The number of benzene rings is 3. The van der Waals surface area contributed by atoms with Gasteiger partial charge in [-0.3, -0.25) is 9.48 Å². The van der Waals surface area contributed by atoms with Crippen LogP contribution >= 0.6 is 11.6 Å². The van der Waals surface area contributed by atoms with Gasteiger partial charge in [0, 0.05) is 24.4 Å². The largest absolute Gasteiger partial charge is 0.454 e. The highest BCUT2D eigenvalue weighted by Gasteiger charge is 2.12. The van der Waals surface area contributed by atoms with E-state index in [1.807, 2.05) is 55.7 Å². The van der Waals surface area contributed by atoms with E-state index in [4.69, 9.17) is 16.3 Å². The lowest BCUT2D eigenvalue weighted by molar-refractivity contribution is 0.102. The number of para-hydroxylation sites is 3. The number of anilines is 1. The quantitative estimate of drug-likeness (QED) is 0.459. The first-order valence-corrected chi connectivity index (χ1v) is 9.40. The molecule has 0 aliphatic rings. The third-order valence-corrected chi connectivity index (χ3v) is 4.67. The van der Waals surface area contributed by atoms with Crippen molar-refractivity contribution in [3.05, 3.63) is 95.8 Å². The zero-order chi connectivity index (χ0) is 20.2. The van der Waals surface area contributed by atoms with Gasteiger partial charge in [0.1, 0.15) is 5.75 Å². The molecule has 1 N–H and O–H groups in total. The predicted molar refractivity (Wildman–Crippen MR) is 115 cm³/mol. The highest BCUT2D eigenvalue weighted by Crippen LogP contribution is 2.33. The van der Waals surface area contributed by atoms with Gasteiger partial charge in [-0.25, -0.2) is 0 Å². The standard InChI is InChI=1S/C23H18ClN3O2/c1-27-15-18(14-25-27)16-7-6-8-17(13-16)23(28)26-20-10-3-5-12-22(20)29-21-11-4-2-9-19(21)24/h2-15H,1H3,(H,26,28). The third-order valence-electron chi connectivity index (χ3n) is 4.35. The Balaban J connectivity index is 1.57. The number of ether oxygens (including phenoxy) is 1. The van der Waals surface area contributed by atoms with Crippen molar-refractivity contribution < 1.29 is 9.53 Å². The summed E-state index contributed by atoms with van der Waals surface area (Å²) in [7, 11) is 1.86. The maximum absolute atomic E-state index is 12.9. The van der Waals surface area contributed by atoms with Crippen molar-refractivity contribution in [2.45, 2.75) is 0 Å². The van der Waals surface area contributed by atoms with Crippen molar-refractivity contribution >= 4 is 23.2 Å². The Morgan fingerprint density at radius 3 is 2.48 bits per heavy atom. The second-order valence-electron chi connectivity index (χ2n) is 6.47. The van der Waals surface area contributed by atoms with Gasteiger partial charge in [0.05, 0.1) is 16.9 Å². The van der Waals surface area contributed by atoms with Gasteiger partial charge >= 0.3 is 0 Å². The average Bonchev–Trinajstić information content (AvgIpc) is 3.17. The molecule has 0 spiro atoms. The zero-order valence-electron chi connectivity index (χ0n) is 15.7. The van der Waals surface area contributed by atoms with E-state index in [1.165, 1.54) is 0 Å². The van der Waals surface area contributed by atoms with Crippen molar-refractivity contribution in [1.29, 1.82) is 0 Å². The SMILES string of the molecule is Cn1cc(-c2cccc(C(=O)Nc3ccccc3Oc3ccccc3Cl)c2)cn1. The van der Waals surface area contributed by atoms with E-state index in [0.29, 0.717) is 27.8 Å². The number of nitrogens with one attached hydrogen (secondary N) is 1. The minimum absolute atomic E-state index is 0.231. The Hall–Kier alpha value is -3.57. The fourth-order valence-corrected chi connectivity index (χ4v) is 3.08. The fraction of sp³-hybridized carbons (Fsp3) is 0.0435. The summed E-state index contributed by atoms with van der Waals surface area (Å²) < 4.78 is 7.64. The summed E-state index contributed by atoms with van der Waals surface area (Å²) in [5, 5.41) is 7.60. The fourth-order valence-electron chi connectivity index (χ4n) is 2.91. The van der Waals surface area contributed by atoms with Crippen LogP contribution in [0.5, 0.6) is 11.5 Å². The van der Waals surface area contributed by atoms with Crippen molar-refractivity contribution in [3.63, 3.8) is 0 Å². The molecule has 0 saturated heterocycles. The number of carbonyl (C=O) groups excluding carboxylic acids is 1. The molecular formula is C23H18ClN3O2. The van der Waals surface area contributed by atoms with E-state index in [2.05, 4.69) is 10.4 Å². The lowest BCUT2D eigenvalue weighted by Gasteiger charge is -2.13. The molecule has 0 unspecified atom stereocenters. The topological polar surface area (TPSA) is 56.2 Å². The lowest BCUT2D eigenvalue weighted by atomic mass is 10.1. The van der Waals surface area contributed by atoms with Gasteiger partial charge in [0.25, 0.3) is 5.91 Å². The van der Waals surface area contributed by atoms with Crippen molar-refractivity contribution in [3.8, 4) is 22.6 Å². The molecule has 6 heteroatoms. The molecule has 0 atom stereocenters. The number of rotatable bonds is 5. The minimum Gasteiger partial charge on any atom is -0.454 e. The van der Waals surface area contributed by atoms with Crippen LogP contribution in [0.15, 0.2) is 85.2 Å². The Morgan fingerprint density at radius 2 is 1.72 bits per heavy atom. The molecule has 0 saturated carbocycles. The number of aromatic nitrogens is 2. The normalized spacial score (nSPS) is 10.6. The number of nitrogens with zero attached hydrogens (tertiary/aromatic N) is 2. The van der Waals surface area contributed by atoms with Gasteiger partial charge in [-0.2, -0.15) is 5.10 Å². The molecule has 0 bridgehead atoms. The summed E-state index contributed by atoms with van der Waals surface area (Å²) in [5.74, 6) is 0.803. The minimum atomic E-state index is -0.231. The molecule has 3 aromatic carbocycles. The molecule has 1 heterocycles. The molecule has 1 amide bonds. The van der Waals surface area contributed by atoms with Crippen LogP contribution in [0.3, 0.4) is 0 Å². The van der Waals surface area contributed by atoms with E-state index in [0.717, 1.165) is 11.1 Å².